The Morgan fingerprint density at radius 2 is 2.24 bits per heavy atom. The van der Waals surface area contributed by atoms with Crippen LogP contribution in [0.1, 0.15) is 30.0 Å². The molecule has 1 unspecified atom stereocenters. The molecule has 5 nitrogen and oxygen atoms in total. The van der Waals surface area contributed by atoms with Gasteiger partial charge in [0.1, 0.15) is 10.8 Å². The van der Waals surface area contributed by atoms with Crippen LogP contribution in [0.2, 0.25) is 0 Å². The van der Waals surface area contributed by atoms with Gasteiger partial charge in [0.15, 0.2) is 0 Å². The molecule has 0 saturated heterocycles. The summed E-state index contributed by atoms with van der Waals surface area (Å²) in [6.07, 6.45) is 2.11. The van der Waals surface area contributed by atoms with E-state index in [4.69, 9.17) is 0 Å². The minimum Gasteiger partial charge on any atom is -0.392 e. The monoisotopic (exact) mass is 330 g/mol. The van der Waals surface area contributed by atoms with Crippen molar-refractivity contribution in [1.82, 2.24) is 9.71 Å². The number of hydrogen-bond acceptors (Lipinski definition) is 5. The Hall–Kier alpha value is -1.35. The molecule has 1 aromatic heterocycles. The average molecular weight is 330 g/mol. The number of halogens is 1. The van der Waals surface area contributed by atoms with Gasteiger partial charge >= 0.3 is 0 Å². The van der Waals surface area contributed by atoms with E-state index in [1.807, 2.05) is 6.92 Å². The summed E-state index contributed by atoms with van der Waals surface area (Å²) in [5.74, 6) is -0.671. The number of nitrogens with zero attached hydrogens (tertiary/aromatic N) is 1. The molecule has 8 heteroatoms. The molecular formula is C13H15FN2O3S2. The van der Waals surface area contributed by atoms with Gasteiger partial charge in [-0.25, -0.2) is 22.5 Å². The first kappa shape index (κ1) is 16.0. The van der Waals surface area contributed by atoms with Crippen LogP contribution in [0, 0.1) is 5.82 Å². The number of hydrogen-bond donors (Lipinski definition) is 2. The van der Waals surface area contributed by atoms with Gasteiger partial charge in [-0.3, -0.25) is 0 Å². The van der Waals surface area contributed by atoms with Gasteiger partial charge in [0.2, 0.25) is 10.0 Å². The fourth-order valence-electron chi connectivity index (χ4n) is 1.87. The van der Waals surface area contributed by atoms with E-state index in [0.29, 0.717) is 11.4 Å². The Labute approximate surface area is 126 Å². The lowest BCUT2D eigenvalue weighted by Gasteiger charge is -2.16. The molecule has 2 rings (SSSR count). The van der Waals surface area contributed by atoms with E-state index in [1.54, 1.807) is 11.6 Å². The predicted molar refractivity (Wildman–Crippen MR) is 77.8 cm³/mol. The number of benzene rings is 1. The molecule has 21 heavy (non-hydrogen) atoms. The first-order valence-electron chi connectivity index (χ1n) is 6.29. The second-order valence-corrected chi connectivity index (χ2v) is 6.97. The molecular weight excluding hydrogens is 315 g/mol. The summed E-state index contributed by atoms with van der Waals surface area (Å²) in [6, 6.07) is 2.80. The summed E-state index contributed by atoms with van der Waals surface area (Å²) in [5.41, 5.74) is 0.151. The largest absolute Gasteiger partial charge is 0.392 e. The normalized spacial score (nSPS) is 13.3. The third-order valence-corrected chi connectivity index (χ3v) is 5.39. The fourth-order valence-corrected chi connectivity index (χ4v) is 4.25. The molecule has 0 saturated carbocycles. The molecule has 1 atom stereocenters. The van der Waals surface area contributed by atoms with Gasteiger partial charge in [-0.05, 0) is 24.1 Å². The number of rotatable bonds is 6. The number of aliphatic hydroxyl groups is 1. The van der Waals surface area contributed by atoms with Gasteiger partial charge in [-0.15, -0.1) is 11.3 Å². The summed E-state index contributed by atoms with van der Waals surface area (Å²) in [6.45, 7) is 1.34. The van der Waals surface area contributed by atoms with E-state index < -0.39 is 28.5 Å². The predicted octanol–water partition coefficient (Wildman–Crippen LogP) is 2.20. The zero-order chi connectivity index (χ0) is 15.5. The minimum absolute atomic E-state index is 0.151. The molecule has 1 aromatic carbocycles. The molecule has 0 fully saturated rings. The number of aromatic nitrogens is 1. The minimum atomic E-state index is -3.95. The number of nitrogens with one attached hydrogen (secondary N) is 1. The van der Waals surface area contributed by atoms with E-state index in [1.165, 1.54) is 17.4 Å². The van der Waals surface area contributed by atoms with E-state index in [0.717, 1.165) is 12.1 Å². The summed E-state index contributed by atoms with van der Waals surface area (Å²) < 4.78 is 40.7. The standard InChI is InChI=1S/C13H15FN2O3S2/c1-2-11(13-15-5-6-20-13)16-21(18,19)12-7-10(14)4-3-9(12)8-17/h3-7,11,16-17H,2,8H2,1H3. The van der Waals surface area contributed by atoms with Crippen LogP contribution in [0.5, 0.6) is 0 Å². The van der Waals surface area contributed by atoms with Gasteiger partial charge in [-0.2, -0.15) is 0 Å². The second-order valence-electron chi connectivity index (χ2n) is 4.36. The molecule has 0 amide bonds. The Balaban J connectivity index is 2.36. The van der Waals surface area contributed by atoms with E-state index in [2.05, 4.69) is 9.71 Å². The highest BCUT2D eigenvalue weighted by Gasteiger charge is 2.24. The zero-order valence-electron chi connectivity index (χ0n) is 11.3. The second kappa shape index (κ2) is 6.61. The van der Waals surface area contributed by atoms with E-state index in [9.17, 15) is 17.9 Å². The third-order valence-electron chi connectivity index (χ3n) is 2.94. The average Bonchev–Trinajstić information content (AvgIpc) is 2.99. The van der Waals surface area contributed by atoms with Crippen LogP contribution in [0.3, 0.4) is 0 Å². The van der Waals surface area contributed by atoms with E-state index in [-0.39, 0.29) is 10.5 Å². The highest BCUT2D eigenvalue weighted by molar-refractivity contribution is 7.89. The molecule has 114 valence electrons. The van der Waals surface area contributed by atoms with Crippen LogP contribution in [0.15, 0.2) is 34.7 Å². The molecule has 1 heterocycles. The summed E-state index contributed by atoms with van der Waals surface area (Å²) >= 11 is 1.34. The molecule has 2 N–H and O–H groups in total. The molecule has 0 radical (unpaired) electrons. The molecule has 0 aliphatic rings. The maximum absolute atomic E-state index is 13.3. The van der Waals surface area contributed by atoms with E-state index >= 15 is 0 Å². The van der Waals surface area contributed by atoms with Crippen molar-refractivity contribution in [3.05, 3.63) is 46.2 Å². The van der Waals surface area contributed by atoms with Crippen LogP contribution in [0.25, 0.3) is 0 Å². The smallest absolute Gasteiger partial charge is 0.241 e. The summed E-state index contributed by atoms with van der Waals surface area (Å²) in [4.78, 5) is 3.84. The summed E-state index contributed by atoms with van der Waals surface area (Å²) in [7, 11) is -3.95. The first-order valence-corrected chi connectivity index (χ1v) is 8.65. The molecule has 0 aliphatic carbocycles. The van der Waals surface area contributed by atoms with Crippen molar-refractivity contribution in [1.29, 1.82) is 0 Å². The van der Waals surface area contributed by atoms with Crippen molar-refractivity contribution in [2.75, 3.05) is 0 Å². The number of aliphatic hydroxyl groups excluding tert-OH is 1. The van der Waals surface area contributed by atoms with Crippen LogP contribution in [0.4, 0.5) is 4.39 Å². The van der Waals surface area contributed by atoms with Gasteiger partial charge < -0.3 is 5.11 Å². The van der Waals surface area contributed by atoms with Crippen molar-refractivity contribution < 1.29 is 17.9 Å². The number of sulfonamides is 1. The lowest BCUT2D eigenvalue weighted by molar-refractivity contribution is 0.278. The number of thiazole rings is 1. The Morgan fingerprint density at radius 3 is 2.81 bits per heavy atom. The maximum Gasteiger partial charge on any atom is 0.241 e. The van der Waals surface area contributed by atoms with Gasteiger partial charge in [0.05, 0.1) is 17.5 Å². The van der Waals surface area contributed by atoms with Gasteiger partial charge in [0, 0.05) is 11.6 Å². The maximum atomic E-state index is 13.3. The van der Waals surface area contributed by atoms with Crippen LogP contribution >= 0.6 is 11.3 Å². The lowest BCUT2D eigenvalue weighted by Crippen LogP contribution is -2.29. The van der Waals surface area contributed by atoms with Crippen LogP contribution < -0.4 is 4.72 Å². The van der Waals surface area contributed by atoms with Gasteiger partial charge in [0.25, 0.3) is 0 Å². The Kier molecular flexibility index (Phi) is 5.04. The lowest BCUT2D eigenvalue weighted by atomic mass is 10.2. The molecule has 0 aliphatic heterocycles. The van der Waals surface area contributed by atoms with Crippen molar-refractivity contribution >= 4 is 21.4 Å². The van der Waals surface area contributed by atoms with Crippen molar-refractivity contribution in [2.45, 2.75) is 30.9 Å². The zero-order valence-corrected chi connectivity index (χ0v) is 12.9. The SMILES string of the molecule is CCC(NS(=O)(=O)c1cc(F)ccc1CO)c1nccs1. The molecule has 0 spiro atoms. The fraction of sp³-hybridized carbons (Fsp3) is 0.308. The van der Waals surface area contributed by atoms with Crippen LogP contribution in [-0.4, -0.2) is 18.5 Å². The Bertz CT molecular complexity index is 702. The summed E-state index contributed by atoms with van der Waals surface area (Å²) in [5, 5.41) is 11.6. The van der Waals surface area contributed by atoms with Gasteiger partial charge in [-0.1, -0.05) is 13.0 Å². The van der Waals surface area contributed by atoms with Crippen LogP contribution in [-0.2, 0) is 16.6 Å². The van der Waals surface area contributed by atoms with Crippen molar-refractivity contribution in [3.63, 3.8) is 0 Å². The highest BCUT2D eigenvalue weighted by Crippen LogP contribution is 2.24. The van der Waals surface area contributed by atoms with Crippen molar-refractivity contribution in [3.8, 4) is 0 Å². The molecule has 0 bridgehead atoms. The first-order chi connectivity index (χ1) is 9.97. The highest BCUT2D eigenvalue weighted by atomic mass is 32.2. The third kappa shape index (κ3) is 3.65. The molecule has 2 aromatic rings. The quantitative estimate of drug-likeness (QED) is 0.851. The van der Waals surface area contributed by atoms with Crippen molar-refractivity contribution in [2.24, 2.45) is 0 Å². The topological polar surface area (TPSA) is 79.3 Å². The Morgan fingerprint density at radius 1 is 1.48 bits per heavy atom.